The molecular formula is C15H10Cl2N6O. The lowest BCUT2D eigenvalue weighted by Gasteiger charge is -2.07. The molecule has 0 aliphatic carbocycles. The minimum absolute atomic E-state index is 0.0661. The highest BCUT2D eigenvalue weighted by Crippen LogP contribution is 2.32. The summed E-state index contributed by atoms with van der Waals surface area (Å²) in [5, 5.41) is 3.36. The number of pyridine rings is 1. The molecule has 9 heteroatoms. The van der Waals surface area contributed by atoms with Crippen molar-refractivity contribution in [2.75, 3.05) is 11.1 Å². The molecule has 0 spiro atoms. The maximum atomic E-state index is 12.2. The van der Waals surface area contributed by atoms with Gasteiger partial charge in [-0.1, -0.05) is 29.3 Å². The van der Waals surface area contributed by atoms with Crippen LogP contribution >= 0.6 is 23.2 Å². The van der Waals surface area contributed by atoms with Gasteiger partial charge in [-0.2, -0.15) is 4.98 Å². The molecule has 120 valence electrons. The molecule has 3 rings (SSSR count). The summed E-state index contributed by atoms with van der Waals surface area (Å²) < 4.78 is 0. The van der Waals surface area contributed by atoms with Crippen molar-refractivity contribution in [3.8, 4) is 11.4 Å². The summed E-state index contributed by atoms with van der Waals surface area (Å²) in [5.74, 6) is 0.134. The molecule has 0 aliphatic rings. The average molecular weight is 361 g/mol. The van der Waals surface area contributed by atoms with Gasteiger partial charge in [0.2, 0.25) is 5.95 Å². The van der Waals surface area contributed by atoms with Gasteiger partial charge in [0.1, 0.15) is 12.1 Å². The summed E-state index contributed by atoms with van der Waals surface area (Å²) in [5.41, 5.74) is 6.36. The van der Waals surface area contributed by atoms with E-state index in [1.807, 2.05) is 0 Å². The Kier molecular flexibility index (Phi) is 4.54. The first-order chi connectivity index (χ1) is 11.5. The zero-order valence-electron chi connectivity index (χ0n) is 12.1. The highest BCUT2D eigenvalue weighted by molar-refractivity contribution is 6.38. The van der Waals surface area contributed by atoms with E-state index in [2.05, 4.69) is 25.3 Å². The highest BCUT2D eigenvalue weighted by atomic mass is 35.5. The number of aromatic nitrogens is 4. The number of carbonyl (C=O) groups is 1. The van der Waals surface area contributed by atoms with E-state index in [1.165, 1.54) is 24.7 Å². The van der Waals surface area contributed by atoms with E-state index >= 15 is 0 Å². The normalized spacial score (nSPS) is 10.4. The molecule has 0 fully saturated rings. The zero-order valence-corrected chi connectivity index (χ0v) is 13.6. The summed E-state index contributed by atoms with van der Waals surface area (Å²) in [7, 11) is 0. The fraction of sp³-hybridized carbons (Fsp3) is 0. The predicted molar refractivity (Wildman–Crippen MR) is 91.9 cm³/mol. The van der Waals surface area contributed by atoms with Crippen LogP contribution in [0.5, 0.6) is 0 Å². The second kappa shape index (κ2) is 6.77. The van der Waals surface area contributed by atoms with E-state index < -0.39 is 5.91 Å². The molecule has 0 saturated carbocycles. The van der Waals surface area contributed by atoms with Crippen LogP contribution in [0.3, 0.4) is 0 Å². The molecule has 24 heavy (non-hydrogen) atoms. The van der Waals surface area contributed by atoms with E-state index in [4.69, 9.17) is 28.9 Å². The number of nitrogen functional groups attached to an aromatic ring is 1. The maximum Gasteiger partial charge on any atom is 0.258 e. The number of nitrogens with zero attached hydrogens (tertiary/aromatic N) is 4. The summed E-state index contributed by atoms with van der Waals surface area (Å²) in [6.45, 7) is 0. The van der Waals surface area contributed by atoms with Crippen LogP contribution in [0.1, 0.15) is 10.4 Å². The summed E-state index contributed by atoms with van der Waals surface area (Å²) in [4.78, 5) is 28.2. The largest absolute Gasteiger partial charge is 0.384 e. The Morgan fingerprint density at radius 3 is 2.54 bits per heavy atom. The zero-order chi connectivity index (χ0) is 17.1. The van der Waals surface area contributed by atoms with Gasteiger partial charge in [0.25, 0.3) is 5.91 Å². The molecule has 2 heterocycles. The van der Waals surface area contributed by atoms with Crippen LogP contribution in [-0.2, 0) is 0 Å². The van der Waals surface area contributed by atoms with Crippen LogP contribution in [0.4, 0.5) is 11.8 Å². The summed E-state index contributed by atoms with van der Waals surface area (Å²) in [6, 6.07) is 8.03. The van der Waals surface area contributed by atoms with Crippen molar-refractivity contribution in [1.82, 2.24) is 19.9 Å². The van der Waals surface area contributed by atoms with E-state index in [0.29, 0.717) is 21.2 Å². The van der Waals surface area contributed by atoms with Crippen molar-refractivity contribution in [3.05, 3.63) is 58.5 Å². The Morgan fingerprint density at radius 1 is 1.08 bits per heavy atom. The standard InChI is InChI=1S/C15H10Cl2N6O/c16-9-2-1-3-10(17)12(9)13-20-7-21-15(22-13)23-14(24)8-4-5-19-11(18)6-8/h1-7H,(H2,18,19)(H,20,21,22,23,24). The van der Waals surface area contributed by atoms with Gasteiger partial charge >= 0.3 is 0 Å². The number of carbonyl (C=O) groups excluding carboxylic acids is 1. The van der Waals surface area contributed by atoms with Crippen molar-refractivity contribution in [2.24, 2.45) is 0 Å². The molecule has 0 aliphatic heterocycles. The average Bonchev–Trinajstić information content (AvgIpc) is 2.55. The number of benzene rings is 1. The molecule has 2 aromatic heterocycles. The van der Waals surface area contributed by atoms with Gasteiger partial charge in [0.05, 0.1) is 15.6 Å². The number of hydrogen-bond donors (Lipinski definition) is 2. The number of nitrogens with one attached hydrogen (secondary N) is 1. The highest BCUT2D eigenvalue weighted by Gasteiger charge is 2.14. The fourth-order valence-electron chi connectivity index (χ4n) is 1.95. The number of nitrogens with two attached hydrogens (primary N) is 1. The Labute approximate surface area is 146 Å². The van der Waals surface area contributed by atoms with Crippen LogP contribution in [0, 0.1) is 0 Å². The van der Waals surface area contributed by atoms with Gasteiger partial charge in [-0.3, -0.25) is 10.1 Å². The Balaban J connectivity index is 1.90. The minimum Gasteiger partial charge on any atom is -0.384 e. The third-order valence-corrected chi connectivity index (χ3v) is 3.66. The Morgan fingerprint density at radius 2 is 1.83 bits per heavy atom. The smallest absolute Gasteiger partial charge is 0.258 e. The first-order valence-electron chi connectivity index (χ1n) is 6.71. The van der Waals surface area contributed by atoms with E-state index in [0.717, 1.165) is 0 Å². The number of rotatable bonds is 3. The van der Waals surface area contributed by atoms with Crippen molar-refractivity contribution >= 4 is 40.9 Å². The monoisotopic (exact) mass is 360 g/mol. The molecule has 3 aromatic rings. The molecule has 0 bridgehead atoms. The van der Waals surface area contributed by atoms with Crippen LogP contribution in [0.15, 0.2) is 42.9 Å². The molecule has 0 unspecified atom stereocenters. The van der Waals surface area contributed by atoms with Gasteiger partial charge in [-0.05, 0) is 24.3 Å². The van der Waals surface area contributed by atoms with E-state index in [1.54, 1.807) is 18.2 Å². The predicted octanol–water partition coefficient (Wildman–Crippen LogP) is 3.07. The Hall–Kier alpha value is -2.77. The second-order valence-corrected chi connectivity index (χ2v) is 5.47. The quantitative estimate of drug-likeness (QED) is 0.743. The van der Waals surface area contributed by atoms with E-state index in [-0.39, 0.29) is 17.6 Å². The molecular weight excluding hydrogens is 351 g/mol. The van der Waals surface area contributed by atoms with Crippen LogP contribution < -0.4 is 11.1 Å². The topological polar surface area (TPSA) is 107 Å². The van der Waals surface area contributed by atoms with Crippen LogP contribution in [0.2, 0.25) is 10.0 Å². The van der Waals surface area contributed by atoms with Gasteiger partial charge < -0.3 is 5.73 Å². The molecule has 0 saturated heterocycles. The SMILES string of the molecule is Nc1cc(C(=O)Nc2ncnc(-c3c(Cl)cccc3Cl)n2)ccn1. The summed E-state index contributed by atoms with van der Waals surface area (Å²) in [6.07, 6.45) is 2.70. The second-order valence-electron chi connectivity index (χ2n) is 4.65. The molecule has 0 atom stereocenters. The minimum atomic E-state index is -0.425. The van der Waals surface area contributed by atoms with Crippen LogP contribution in [-0.4, -0.2) is 25.8 Å². The van der Waals surface area contributed by atoms with Crippen molar-refractivity contribution in [3.63, 3.8) is 0 Å². The first kappa shape index (κ1) is 16.1. The summed E-state index contributed by atoms with van der Waals surface area (Å²) >= 11 is 12.3. The van der Waals surface area contributed by atoms with E-state index in [9.17, 15) is 4.79 Å². The molecule has 1 amide bonds. The molecule has 0 radical (unpaired) electrons. The van der Waals surface area contributed by atoms with Gasteiger partial charge in [-0.15, -0.1) is 0 Å². The van der Waals surface area contributed by atoms with Crippen LogP contribution in [0.25, 0.3) is 11.4 Å². The van der Waals surface area contributed by atoms with Gasteiger partial charge in [0.15, 0.2) is 5.82 Å². The number of anilines is 2. The maximum absolute atomic E-state index is 12.2. The lowest BCUT2D eigenvalue weighted by Crippen LogP contribution is -2.15. The third kappa shape index (κ3) is 3.42. The van der Waals surface area contributed by atoms with Crippen molar-refractivity contribution in [1.29, 1.82) is 0 Å². The number of hydrogen-bond acceptors (Lipinski definition) is 6. The lowest BCUT2D eigenvalue weighted by atomic mass is 10.2. The first-order valence-corrected chi connectivity index (χ1v) is 7.46. The van der Waals surface area contributed by atoms with Gasteiger partial charge in [0, 0.05) is 11.8 Å². The molecule has 3 N–H and O–H groups in total. The lowest BCUT2D eigenvalue weighted by molar-refractivity contribution is 0.102. The third-order valence-electron chi connectivity index (χ3n) is 3.03. The number of amides is 1. The van der Waals surface area contributed by atoms with Crippen molar-refractivity contribution in [2.45, 2.75) is 0 Å². The molecule has 7 nitrogen and oxygen atoms in total. The fourth-order valence-corrected chi connectivity index (χ4v) is 2.52. The van der Waals surface area contributed by atoms with Gasteiger partial charge in [-0.25, -0.2) is 15.0 Å². The number of halogens is 2. The van der Waals surface area contributed by atoms with Crippen molar-refractivity contribution < 1.29 is 4.79 Å². The molecule has 1 aromatic carbocycles. The Bertz CT molecular complexity index is 898.